The summed E-state index contributed by atoms with van der Waals surface area (Å²) in [4.78, 5) is 40.6. The molecule has 2 aromatic rings. The Hall–Kier alpha value is -2.85. The zero-order valence-electron chi connectivity index (χ0n) is 16.8. The summed E-state index contributed by atoms with van der Waals surface area (Å²) in [5.74, 6) is -0.121. The van der Waals surface area contributed by atoms with Crippen LogP contribution in [-0.4, -0.2) is 55.9 Å². The van der Waals surface area contributed by atoms with Gasteiger partial charge in [-0.25, -0.2) is 9.18 Å². The summed E-state index contributed by atoms with van der Waals surface area (Å²) in [6, 6.07) is 7.97. The second-order valence-corrected chi connectivity index (χ2v) is 9.49. The molecule has 0 saturated carbocycles. The van der Waals surface area contributed by atoms with Crippen molar-refractivity contribution in [1.29, 1.82) is 0 Å². The van der Waals surface area contributed by atoms with Crippen molar-refractivity contribution in [3.05, 3.63) is 39.5 Å². The van der Waals surface area contributed by atoms with Gasteiger partial charge in [0.1, 0.15) is 30.7 Å². The first-order valence-electron chi connectivity index (χ1n) is 10.2. The molecule has 1 N–H and O–H groups in total. The number of ether oxygens (including phenoxy) is 2. The fourth-order valence-corrected chi connectivity index (χ4v) is 5.11. The predicted molar refractivity (Wildman–Crippen MR) is 117 cm³/mol. The highest BCUT2D eigenvalue weighted by Crippen LogP contribution is 2.41. The first-order valence-corrected chi connectivity index (χ1v) is 11.3. The number of carbonyl (C=O) groups is 3. The first-order chi connectivity index (χ1) is 15.4. The third-order valence-corrected chi connectivity index (χ3v) is 6.99. The molecule has 8 nitrogen and oxygen atoms in total. The Kier molecular flexibility index (Phi) is 5.42. The summed E-state index contributed by atoms with van der Waals surface area (Å²) in [6.07, 6.45) is -2.07. The van der Waals surface area contributed by atoms with Crippen LogP contribution in [0, 0.1) is 0 Å². The molecule has 5 rings (SSSR count). The number of benzene rings is 1. The fraction of sp³-hybridized carbons (Fsp3) is 0.381. The average molecular weight is 480 g/mol. The standard InChI is InChI=1S/C21H19ClFN3O5S/c22-18-4-3-17(32-18)20(28)24-9-16-14-10-30-15-8-12(25-6-5-11(23)7-19(25)27)1-2-13(15)26(14)21(29)31-16/h1-4,8,11,14,16H,5-7,9-10H2,(H,24,28). The zero-order valence-corrected chi connectivity index (χ0v) is 18.3. The topological polar surface area (TPSA) is 88.2 Å². The lowest BCUT2D eigenvalue weighted by Gasteiger charge is -2.33. The number of hydrogen-bond donors (Lipinski definition) is 1. The third-order valence-electron chi connectivity index (χ3n) is 5.76. The Morgan fingerprint density at radius 3 is 2.88 bits per heavy atom. The number of cyclic esters (lactones) is 1. The highest BCUT2D eigenvalue weighted by atomic mass is 35.5. The Bertz CT molecular complexity index is 1100. The van der Waals surface area contributed by atoms with Crippen LogP contribution in [0.25, 0.3) is 0 Å². The molecule has 0 radical (unpaired) electrons. The number of nitrogens with zero attached hydrogens (tertiary/aromatic N) is 2. The Balaban J connectivity index is 1.29. The molecular formula is C21H19ClFN3O5S. The van der Waals surface area contributed by atoms with Crippen molar-refractivity contribution in [2.24, 2.45) is 0 Å². The molecule has 3 atom stereocenters. The van der Waals surface area contributed by atoms with Crippen LogP contribution in [0.2, 0.25) is 4.34 Å². The van der Waals surface area contributed by atoms with Gasteiger partial charge in [-0.2, -0.15) is 0 Å². The van der Waals surface area contributed by atoms with Gasteiger partial charge in [-0.05, 0) is 30.7 Å². The molecule has 2 fully saturated rings. The fourth-order valence-electron chi connectivity index (χ4n) is 4.15. The monoisotopic (exact) mass is 479 g/mol. The van der Waals surface area contributed by atoms with Gasteiger partial charge in [-0.3, -0.25) is 14.5 Å². The molecule has 0 aliphatic carbocycles. The lowest BCUT2D eigenvalue weighted by molar-refractivity contribution is -0.120. The molecule has 0 spiro atoms. The maximum atomic E-state index is 13.5. The van der Waals surface area contributed by atoms with Crippen molar-refractivity contribution in [2.75, 3.05) is 29.5 Å². The van der Waals surface area contributed by atoms with Gasteiger partial charge in [-0.1, -0.05) is 11.6 Å². The van der Waals surface area contributed by atoms with Crippen LogP contribution in [0.15, 0.2) is 30.3 Å². The molecule has 1 aromatic heterocycles. The van der Waals surface area contributed by atoms with E-state index in [0.29, 0.717) is 32.9 Å². The SMILES string of the molecule is O=C(NCC1OC(=O)N2c3ccc(N4CCC(F)CC4=O)cc3OCC12)c1ccc(Cl)s1. The van der Waals surface area contributed by atoms with E-state index in [0.717, 1.165) is 0 Å². The van der Waals surface area contributed by atoms with Crippen molar-refractivity contribution in [3.8, 4) is 5.75 Å². The molecule has 3 aliphatic rings. The van der Waals surface area contributed by atoms with Crippen molar-refractivity contribution in [3.63, 3.8) is 0 Å². The van der Waals surface area contributed by atoms with Crippen LogP contribution in [0.1, 0.15) is 22.5 Å². The van der Waals surface area contributed by atoms with Crippen LogP contribution in [-0.2, 0) is 9.53 Å². The van der Waals surface area contributed by atoms with E-state index in [-0.39, 0.29) is 37.8 Å². The maximum Gasteiger partial charge on any atom is 0.415 e. The summed E-state index contributed by atoms with van der Waals surface area (Å²) in [7, 11) is 0. The maximum absolute atomic E-state index is 13.5. The second-order valence-electron chi connectivity index (χ2n) is 7.77. The number of hydrogen-bond acceptors (Lipinski definition) is 6. The van der Waals surface area contributed by atoms with Gasteiger partial charge >= 0.3 is 6.09 Å². The molecule has 0 bridgehead atoms. The summed E-state index contributed by atoms with van der Waals surface area (Å²) >= 11 is 7.04. The summed E-state index contributed by atoms with van der Waals surface area (Å²) in [6.45, 7) is 0.600. The number of rotatable bonds is 4. The van der Waals surface area contributed by atoms with Crippen LogP contribution >= 0.6 is 22.9 Å². The molecule has 168 valence electrons. The van der Waals surface area contributed by atoms with Gasteiger partial charge < -0.3 is 19.7 Å². The number of anilines is 2. The Labute approximate surface area is 191 Å². The molecule has 11 heteroatoms. The van der Waals surface area contributed by atoms with E-state index in [1.165, 1.54) is 21.1 Å². The average Bonchev–Trinajstić information content (AvgIpc) is 3.35. The van der Waals surface area contributed by atoms with E-state index < -0.39 is 24.4 Å². The minimum Gasteiger partial charge on any atom is -0.489 e. The zero-order chi connectivity index (χ0) is 22.4. The number of nitrogens with one attached hydrogen (secondary N) is 1. The second kappa shape index (κ2) is 8.25. The summed E-state index contributed by atoms with van der Waals surface area (Å²) in [5, 5.41) is 2.77. The number of carbonyl (C=O) groups excluding carboxylic acids is 3. The minimum atomic E-state index is -1.11. The van der Waals surface area contributed by atoms with Crippen LogP contribution < -0.4 is 19.9 Å². The van der Waals surface area contributed by atoms with Gasteiger partial charge in [0.05, 0.1) is 27.9 Å². The number of piperidine rings is 1. The van der Waals surface area contributed by atoms with Crippen LogP contribution in [0.5, 0.6) is 5.75 Å². The van der Waals surface area contributed by atoms with Gasteiger partial charge in [0, 0.05) is 18.3 Å². The number of alkyl halides is 1. The quantitative estimate of drug-likeness (QED) is 0.726. The van der Waals surface area contributed by atoms with E-state index in [9.17, 15) is 18.8 Å². The molecule has 3 aliphatic heterocycles. The summed E-state index contributed by atoms with van der Waals surface area (Å²) < 4.78 is 25.4. The van der Waals surface area contributed by atoms with Crippen molar-refractivity contribution >= 4 is 52.2 Å². The predicted octanol–water partition coefficient (Wildman–Crippen LogP) is 3.38. The molecule has 1 aromatic carbocycles. The Morgan fingerprint density at radius 1 is 1.28 bits per heavy atom. The molecule has 2 saturated heterocycles. The van der Waals surface area contributed by atoms with E-state index >= 15 is 0 Å². The van der Waals surface area contributed by atoms with Gasteiger partial charge in [-0.15, -0.1) is 11.3 Å². The highest BCUT2D eigenvalue weighted by Gasteiger charge is 2.46. The van der Waals surface area contributed by atoms with Crippen LogP contribution in [0.3, 0.4) is 0 Å². The van der Waals surface area contributed by atoms with E-state index in [1.54, 1.807) is 30.3 Å². The molecule has 32 heavy (non-hydrogen) atoms. The smallest absolute Gasteiger partial charge is 0.415 e. The van der Waals surface area contributed by atoms with Crippen molar-refractivity contribution in [1.82, 2.24) is 5.32 Å². The summed E-state index contributed by atoms with van der Waals surface area (Å²) in [5.41, 5.74) is 1.13. The molecule has 3 unspecified atom stereocenters. The number of amides is 3. The van der Waals surface area contributed by atoms with Crippen molar-refractivity contribution in [2.45, 2.75) is 31.2 Å². The van der Waals surface area contributed by atoms with Gasteiger partial charge in [0.25, 0.3) is 5.91 Å². The van der Waals surface area contributed by atoms with Gasteiger partial charge in [0.2, 0.25) is 5.91 Å². The van der Waals surface area contributed by atoms with E-state index in [2.05, 4.69) is 5.32 Å². The van der Waals surface area contributed by atoms with E-state index in [1.807, 2.05) is 0 Å². The first kappa shape index (κ1) is 21.0. The third kappa shape index (κ3) is 3.77. The van der Waals surface area contributed by atoms with E-state index in [4.69, 9.17) is 21.1 Å². The molecule has 3 amide bonds. The number of thiophene rings is 1. The highest BCUT2D eigenvalue weighted by molar-refractivity contribution is 7.18. The van der Waals surface area contributed by atoms with Crippen molar-refractivity contribution < 1.29 is 28.2 Å². The van der Waals surface area contributed by atoms with Crippen LogP contribution in [0.4, 0.5) is 20.6 Å². The lowest BCUT2D eigenvalue weighted by atomic mass is 10.1. The molecule has 4 heterocycles. The van der Waals surface area contributed by atoms with Gasteiger partial charge in [0.15, 0.2) is 0 Å². The number of fused-ring (bicyclic) bond motifs is 3. The molecular weight excluding hydrogens is 461 g/mol. The Morgan fingerprint density at radius 2 is 2.12 bits per heavy atom. The minimum absolute atomic E-state index is 0.130. The lowest BCUT2D eigenvalue weighted by Crippen LogP contribution is -2.48. The largest absolute Gasteiger partial charge is 0.489 e. The normalized spacial score (nSPS) is 24.5. The number of halogens is 2.